The van der Waals surface area contributed by atoms with Crippen molar-refractivity contribution in [2.24, 2.45) is 0 Å². The van der Waals surface area contributed by atoms with Crippen LogP contribution in [0.5, 0.6) is 0 Å². The summed E-state index contributed by atoms with van der Waals surface area (Å²) in [6, 6.07) is 8.62. The zero-order valence-electron chi connectivity index (χ0n) is 15.5. The van der Waals surface area contributed by atoms with Crippen LogP contribution in [0.3, 0.4) is 0 Å². The summed E-state index contributed by atoms with van der Waals surface area (Å²) in [7, 11) is 0. The topological polar surface area (TPSA) is 76.7 Å². The second-order valence-corrected chi connectivity index (χ2v) is 9.49. The fourth-order valence-electron chi connectivity index (χ4n) is 3.15. The molecule has 1 atom stereocenters. The molecule has 3 aromatic rings. The van der Waals surface area contributed by atoms with Crippen LogP contribution in [0.4, 0.5) is 5.13 Å². The maximum absolute atomic E-state index is 5.87. The van der Waals surface area contributed by atoms with Crippen LogP contribution in [0.2, 0.25) is 0 Å². The number of anilines is 1. The lowest BCUT2D eigenvalue weighted by molar-refractivity contribution is 0.462. The molecule has 0 saturated heterocycles. The third-order valence-electron chi connectivity index (χ3n) is 4.70. The van der Waals surface area contributed by atoms with Gasteiger partial charge in [0.15, 0.2) is 4.34 Å². The zero-order valence-corrected chi connectivity index (χ0v) is 17.1. The van der Waals surface area contributed by atoms with Crippen molar-refractivity contribution in [1.82, 2.24) is 20.4 Å². The van der Waals surface area contributed by atoms with E-state index >= 15 is 0 Å². The van der Waals surface area contributed by atoms with Crippen LogP contribution in [0.15, 0.2) is 33.0 Å². The third-order valence-corrected chi connectivity index (χ3v) is 6.73. The molecule has 1 N–H and O–H groups in total. The van der Waals surface area contributed by atoms with Gasteiger partial charge in [0.25, 0.3) is 0 Å². The van der Waals surface area contributed by atoms with Crippen molar-refractivity contribution in [2.45, 2.75) is 61.6 Å². The lowest BCUT2D eigenvalue weighted by atomic mass is 9.96. The smallest absolute Gasteiger partial charge is 0.247 e. The lowest BCUT2D eigenvalue weighted by Crippen LogP contribution is -2.21. The number of nitrogens with zero attached hydrogens (tertiary/aromatic N) is 4. The molecule has 1 aromatic carbocycles. The predicted molar refractivity (Wildman–Crippen MR) is 109 cm³/mol. The number of aromatic nitrogens is 4. The van der Waals surface area contributed by atoms with Crippen molar-refractivity contribution in [1.29, 1.82) is 0 Å². The summed E-state index contributed by atoms with van der Waals surface area (Å²) in [6.45, 7) is 4.11. The van der Waals surface area contributed by atoms with Gasteiger partial charge in [-0.05, 0) is 38.8 Å². The molecule has 8 heteroatoms. The van der Waals surface area contributed by atoms with Crippen molar-refractivity contribution < 1.29 is 4.42 Å². The first kappa shape index (κ1) is 18.4. The van der Waals surface area contributed by atoms with Crippen LogP contribution < -0.4 is 5.32 Å². The first-order valence-electron chi connectivity index (χ1n) is 9.34. The molecule has 0 bridgehead atoms. The Morgan fingerprint density at radius 1 is 1.07 bits per heavy atom. The SMILES string of the molecule is Cc1ccc(-c2nnc(C(C)Sc3nnc(NC4CCCCC4)s3)o2)cc1. The molecule has 4 rings (SSSR count). The molecular weight excluding hydrogens is 378 g/mol. The highest BCUT2D eigenvalue weighted by molar-refractivity contribution is 8.01. The van der Waals surface area contributed by atoms with Gasteiger partial charge in [0.05, 0.1) is 5.25 Å². The molecule has 142 valence electrons. The Labute approximate surface area is 167 Å². The van der Waals surface area contributed by atoms with E-state index in [-0.39, 0.29) is 5.25 Å². The van der Waals surface area contributed by atoms with Gasteiger partial charge in [-0.15, -0.1) is 20.4 Å². The largest absolute Gasteiger partial charge is 0.419 e. The fourth-order valence-corrected chi connectivity index (χ4v) is 5.15. The predicted octanol–water partition coefficient (Wildman–Crippen LogP) is 5.49. The van der Waals surface area contributed by atoms with Crippen LogP contribution in [0, 0.1) is 6.92 Å². The van der Waals surface area contributed by atoms with E-state index in [1.807, 2.05) is 31.2 Å². The van der Waals surface area contributed by atoms with Crippen LogP contribution in [0.25, 0.3) is 11.5 Å². The highest BCUT2D eigenvalue weighted by Crippen LogP contribution is 2.38. The summed E-state index contributed by atoms with van der Waals surface area (Å²) in [6.07, 6.45) is 6.40. The second-order valence-electron chi connectivity index (χ2n) is 6.92. The second kappa shape index (κ2) is 8.39. The van der Waals surface area contributed by atoms with E-state index in [1.165, 1.54) is 37.7 Å². The van der Waals surface area contributed by atoms with E-state index in [2.05, 4.69) is 32.6 Å². The van der Waals surface area contributed by atoms with E-state index in [4.69, 9.17) is 4.42 Å². The molecule has 6 nitrogen and oxygen atoms in total. The summed E-state index contributed by atoms with van der Waals surface area (Å²) < 4.78 is 6.78. The summed E-state index contributed by atoms with van der Waals surface area (Å²) in [5, 5.41) is 21.4. The van der Waals surface area contributed by atoms with E-state index in [1.54, 1.807) is 23.1 Å². The van der Waals surface area contributed by atoms with Gasteiger partial charge in [0.1, 0.15) is 0 Å². The first-order chi connectivity index (χ1) is 13.2. The molecule has 1 unspecified atom stereocenters. The molecule has 1 saturated carbocycles. The van der Waals surface area contributed by atoms with Gasteiger partial charge in [-0.3, -0.25) is 0 Å². The number of benzene rings is 1. The van der Waals surface area contributed by atoms with Gasteiger partial charge in [-0.1, -0.05) is 60.1 Å². The summed E-state index contributed by atoms with van der Waals surface area (Å²) in [4.78, 5) is 0. The zero-order chi connectivity index (χ0) is 18.6. The average molecular weight is 402 g/mol. The maximum atomic E-state index is 5.87. The number of hydrogen-bond donors (Lipinski definition) is 1. The van der Waals surface area contributed by atoms with Crippen LogP contribution >= 0.6 is 23.1 Å². The molecule has 0 radical (unpaired) electrons. The molecule has 1 aliphatic carbocycles. The number of thioether (sulfide) groups is 1. The van der Waals surface area contributed by atoms with Crippen molar-refractivity contribution >= 4 is 28.2 Å². The van der Waals surface area contributed by atoms with Gasteiger partial charge < -0.3 is 9.73 Å². The Morgan fingerprint density at radius 2 is 1.85 bits per heavy atom. The van der Waals surface area contributed by atoms with E-state index in [0.29, 0.717) is 17.8 Å². The summed E-state index contributed by atoms with van der Waals surface area (Å²) in [5.74, 6) is 1.15. The highest BCUT2D eigenvalue weighted by Gasteiger charge is 2.20. The van der Waals surface area contributed by atoms with Crippen LogP contribution in [0.1, 0.15) is 55.7 Å². The van der Waals surface area contributed by atoms with Gasteiger partial charge >= 0.3 is 0 Å². The average Bonchev–Trinajstić information content (AvgIpc) is 3.33. The first-order valence-corrected chi connectivity index (χ1v) is 11.0. The number of rotatable bonds is 6. The molecule has 1 aliphatic rings. The molecule has 2 aromatic heterocycles. The van der Waals surface area contributed by atoms with Crippen LogP contribution in [-0.4, -0.2) is 26.4 Å². The normalized spacial score (nSPS) is 16.4. The maximum Gasteiger partial charge on any atom is 0.247 e. The Kier molecular flexibility index (Phi) is 5.73. The Morgan fingerprint density at radius 3 is 2.63 bits per heavy atom. The van der Waals surface area contributed by atoms with Gasteiger partial charge in [-0.25, -0.2) is 0 Å². The Hall–Kier alpha value is -1.93. The minimum Gasteiger partial charge on any atom is -0.419 e. The molecule has 0 spiro atoms. The summed E-state index contributed by atoms with van der Waals surface area (Å²) in [5.41, 5.74) is 2.14. The fraction of sp³-hybridized carbons (Fsp3) is 0.474. The highest BCUT2D eigenvalue weighted by atomic mass is 32.2. The molecule has 0 amide bonds. The standard InChI is InChI=1S/C19H23N5OS2/c1-12-8-10-14(11-9-12)17-22-21-16(25-17)13(2)26-19-24-23-18(27-19)20-15-6-4-3-5-7-15/h8-11,13,15H,3-7H2,1-2H3,(H,20,23). The number of hydrogen-bond acceptors (Lipinski definition) is 8. The Bertz CT molecular complexity index is 870. The summed E-state index contributed by atoms with van der Waals surface area (Å²) >= 11 is 3.19. The minimum absolute atomic E-state index is 0.0205. The minimum atomic E-state index is 0.0205. The molecule has 0 aliphatic heterocycles. The molecule has 2 heterocycles. The third kappa shape index (κ3) is 4.68. The van der Waals surface area contributed by atoms with Crippen molar-refractivity contribution in [3.05, 3.63) is 35.7 Å². The quantitative estimate of drug-likeness (QED) is 0.547. The van der Waals surface area contributed by atoms with Crippen LogP contribution in [-0.2, 0) is 0 Å². The Balaban J connectivity index is 1.37. The number of nitrogens with one attached hydrogen (secondary N) is 1. The van der Waals surface area contributed by atoms with E-state index in [9.17, 15) is 0 Å². The lowest BCUT2D eigenvalue weighted by Gasteiger charge is -2.21. The monoisotopic (exact) mass is 401 g/mol. The number of aryl methyl sites for hydroxylation is 1. The van der Waals surface area contributed by atoms with E-state index in [0.717, 1.165) is 15.0 Å². The molecule has 27 heavy (non-hydrogen) atoms. The van der Waals surface area contributed by atoms with Crippen molar-refractivity contribution in [3.63, 3.8) is 0 Å². The van der Waals surface area contributed by atoms with Gasteiger partial charge in [0.2, 0.25) is 16.9 Å². The van der Waals surface area contributed by atoms with Crippen molar-refractivity contribution in [3.8, 4) is 11.5 Å². The molecular formula is C19H23N5OS2. The van der Waals surface area contributed by atoms with Gasteiger partial charge in [0, 0.05) is 11.6 Å². The van der Waals surface area contributed by atoms with Gasteiger partial charge in [-0.2, -0.15) is 0 Å². The van der Waals surface area contributed by atoms with Crippen molar-refractivity contribution in [2.75, 3.05) is 5.32 Å². The van der Waals surface area contributed by atoms with E-state index < -0.39 is 0 Å². The molecule has 1 fully saturated rings.